The number of aliphatic hydroxyl groups excluding tert-OH is 1. The zero-order valence-electron chi connectivity index (χ0n) is 6.29. The number of ether oxygens (including phenoxy) is 1. The highest BCUT2D eigenvalue weighted by Gasteiger charge is 2.11. The molecule has 0 aromatic carbocycles. The molecule has 2 nitrogen and oxygen atoms in total. The van der Waals surface area contributed by atoms with Gasteiger partial charge in [-0.2, -0.15) is 0 Å². The topological polar surface area (TPSA) is 29.5 Å². The van der Waals surface area contributed by atoms with Gasteiger partial charge in [-0.3, -0.25) is 0 Å². The highest BCUT2D eigenvalue weighted by Crippen LogP contribution is 2.14. The average molecular weight is 142 g/mol. The van der Waals surface area contributed by atoms with Crippen LogP contribution in [0.5, 0.6) is 0 Å². The minimum atomic E-state index is -0.659. The van der Waals surface area contributed by atoms with Crippen LogP contribution in [-0.2, 0) is 4.74 Å². The van der Waals surface area contributed by atoms with E-state index >= 15 is 0 Å². The lowest BCUT2D eigenvalue weighted by Crippen LogP contribution is -2.20. The van der Waals surface area contributed by atoms with Gasteiger partial charge in [0.15, 0.2) is 6.29 Å². The van der Waals surface area contributed by atoms with Gasteiger partial charge in [-0.05, 0) is 12.5 Å². The number of rotatable bonds is 2. The molecule has 2 atom stereocenters. The predicted octanol–water partition coefficient (Wildman–Crippen LogP) is 1.31. The predicted molar refractivity (Wildman–Crippen MR) is 39.5 cm³/mol. The van der Waals surface area contributed by atoms with Gasteiger partial charge in [0.05, 0.1) is 6.61 Å². The van der Waals surface area contributed by atoms with Crippen LogP contribution in [0.1, 0.15) is 19.8 Å². The van der Waals surface area contributed by atoms with Crippen LogP contribution in [0.2, 0.25) is 0 Å². The van der Waals surface area contributed by atoms with Crippen molar-refractivity contribution in [1.82, 2.24) is 0 Å². The van der Waals surface area contributed by atoms with Crippen molar-refractivity contribution >= 4 is 0 Å². The van der Waals surface area contributed by atoms with E-state index in [-0.39, 0.29) is 0 Å². The summed E-state index contributed by atoms with van der Waals surface area (Å²) in [5, 5.41) is 8.89. The Balaban J connectivity index is 2.30. The maximum Gasteiger partial charge on any atom is 0.174 e. The van der Waals surface area contributed by atoms with Gasteiger partial charge in [-0.15, -0.1) is 0 Å². The Bertz CT molecular complexity index is 120. The minimum absolute atomic E-state index is 0.522. The summed E-state index contributed by atoms with van der Waals surface area (Å²) in [5.41, 5.74) is 0. The second-order valence-electron chi connectivity index (χ2n) is 2.66. The minimum Gasteiger partial charge on any atom is -0.365 e. The highest BCUT2D eigenvalue weighted by molar-refractivity contribution is 4.93. The van der Waals surface area contributed by atoms with E-state index in [9.17, 15) is 0 Å². The summed E-state index contributed by atoms with van der Waals surface area (Å²) in [4.78, 5) is 0. The van der Waals surface area contributed by atoms with Gasteiger partial charge >= 0.3 is 0 Å². The first-order valence-electron chi connectivity index (χ1n) is 3.81. The number of hydrogen-bond donors (Lipinski definition) is 1. The molecule has 1 aliphatic rings. The fourth-order valence-corrected chi connectivity index (χ4v) is 1.14. The van der Waals surface area contributed by atoms with Crippen LogP contribution in [-0.4, -0.2) is 18.0 Å². The third kappa shape index (κ3) is 2.12. The Kier molecular flexibility index (Phi) is 2.90. The first-order valence-corrected chi connectivity index (χ1v) is 3.81. The van der Waals surface area contributed by atoms with Crippen LogP contribution in [0.15, 0.2) is 12.2 Å². The molecule has 1 rings (SSSR count). The fraction of sp³-hybridized carbons (Fsp3) is 0.750. The van der Waals surface area contributed by atoms with Gasteiger partial charge in [0.2, 0.25) is 0 Å². The molecule has 58 valence electrons. The molecule has 0 saturated carbocycles. The van der Waals surface area contributed by atoms with Crippen LogP contribution in [0.4, 0.5) is 0 Å². The Morgan fingerprint density at radius 3 is 2.90 bits per heavy atom. The van der Waals surface area contributed by atoms with Gasteiger partial charge in [0.1, 0.15) is 0 Å². The molecule has 0 spiro atoms. The molecular formula is C8H14O2. The molecule has 0 aromatic rings. The van der Waals surface area contributed by atoms with E-state index in [2.05, 4.69) is 6.92 Å². The maximum absolute atomic E-state index is 8.89. The summed E-state index contributed by atoms with van der Waals surface area (Å²) in [6, 6.07) is 0. The Morgan fingerprint density at radius 2 is 2.40 bits per heavy atom. The summed E-state index contributed by atoms with van der Waals surface area (Å²) in [6.07, 6.45) is 5.42. The average Bonchev–Trinajstić information content (AvgIpc) is 1.95. The molecule has 0 saturated heterocycles. The van der Waals surface area contributed by atoms with Gasteiger partial charge in [-0.1, -0.05) is 19.4 Å². The first-order chi connectivity index (χ1) is 4.83. The van der Waals surface area contributed by atoms with Gasteiger partial charge < -0.3 is 9.84 Å². The van der Waals surface area contributed by atoms with E-state index in [1.807, 2.05) is 6.08 Å². The second-order valence-corrected chi connectivity index (χ2v) is 2.66. The zero-order valence-corrected chi connectivity index (χ0v) is 6.29. The molecule has 1 aliphatic heterocycles. The maximum atomic E-state index is 8.89. The smallest absolute Gasteiger partial charge is 0.174 e. The van der Waals surface area contributed by atoms with E-state index in [4.69, 9.17) is 9.84 Å². The molecule has 10 heavy (non-hydrogen) atoms. The van der Waals surface area contributed by atoms with Crippen molar-refractivity contribution in [3.05, 3.63) is 12.2 Å². The molecule has 1 N–H and O–H groups in total. The van der Waals surface area contributed by atoms with E-state index in [0.29, 0.717) is 12.5 Å². The van der Waals surface area contributed by atoms with Crippen molar-refractivity contribution in [2.75, 3.05) is 6.61 Å². The number of aliphatic hydroxyl groups is 1. The van der Waals surface area contributed by atoms with Crippen molar-refractivity contribution < 1.29 is 9.84 Å². The molecule has 0 amide bonds. The monoisotopic (exact) mass is 142 g/mol. The molecular weight excluding hydrogens is 128 g/mol. The van der Waals surface area contributed by atoms with E-state index in [1.54, 1.807) is 6.08 Å². The van der Waals surface area contributed by atoms with Gasteiger partial charge in [0, 0.05) is 5.92 Å². The molecule has 0 fully saturated rings. The lowest BCUT2D eigenvalue weighted by atomic mass is 10.0. The van der Waals surface area contributed by atoms with Crippen molar-refractivity contribution in [3.63, 3.8) is 0 Å². The molecule has 0 aliphatic carbocycles. The molecule has 0 radical (unpaired) electrons. The molecule has 2 unspecified atom stereocenters. The van der Waals surface area contributed by atoms with Crippen molar-refractivity contribution in [1.29, 1.82) is 0 Å². The third-order valence-electron chi connectivity index (χ3n) is 1.69. The van der Waals surface area contributed by atoms with Crippen LogP contribution >= 0.6 is 0 Å². The fourth-order valence-electron chi connectivity index (χ4n) is 1.14. The van der Waals surface area contributed by atoms with Crippen LogP contribution in [0, 0.1) is 5.92 Å². The number of hydrogen-bond acceptors (Lipinski definition) is 2. The van der Waals surface area contributed by atoms with E-state index in [1.165, 1.54) is 6.42 Å². The summed E-state index contributed by atoms with van der Waals surface area (Å²) in [7, 11) is 0. The van der Waals surface area contributed by atoms with Crippen molar-refractivity contribution in [2.24, 2.45) is 5.92 Å². The summed E-state index contributed by atoms with van der Waals surface area (Å²) in [5.74, 6) is 0.522. The van der Waals surface area contributed by atoms with Gasteiger partial charge in [0.25, 0.3) is 0 Å². The van der Waals surface area contributed by atoms with Crippen LogP contribution < -0.4 is 0 Å². The normalized spacial score (nSPS) is 32.6. The zero-order chi connectivity index (χ0) is 7.40. The van der Waals surface area contributed by atoms with Crippen molar-refractivity contribution in [2.45, 2.75) is 26.1 Å². The Hall–Kier alpha value is -0.340. The lowest BCUT2D eigenvalue weighted by Gasteiger charge is -2.19. The second kappa shape index (κ2) is 3.74. The van der Waals surface area contributed by atoms with Gasteiger partial charge in [-0.25, -0.2) is 0 Å². The highest BCUT2D eigenvalue weighted by atomic mass is 16.6. The molecule has 2 heteroatoms. The SMILES string of the molecule is CCCC1C=CC(O)OC1. The Labute approximate surface area is 61.5 Å². The van der Waals surface area contributed by atoms with E-state index < -0.39 is 6.29 Å². The molecule has 1 heterocycles. The lowest BCUT2D eigenvalue weighted by molar-refractivity contribution is -0.0811. The Morgan fingerprint density at radius 1 is 1.60 bits per heavy atom. The largest absolute Gasteiger partial charge is 0.365 e. The van der Waals surface area contributed by atoms with Crippen LogP contribution in [0.25, 0.3) is 0 Å². The standard InChI is InChI=1S/C8H14O2/c1-2-3-7-4-5-8(9)10-6-7/h4-5,7-9H,2-3,6H2,1H3. The summed E-state index contributed by atoms with van der Waals surface area (Å²) < 4.78 is 5.01. The third-order valence-corrected chi connectivity index (χ3v) is 1.69. The first kappa shape index (κ1) is 7.76. The summed E-state index contributed by atoms with van der Waals surface area (Å²) in [6.45, 7) is 2.82. The van der Waals surface area contributed by atoms with E-state index in [0.717, 1.165) is 6.42 Å². The quantitative estimate of drug-likeness (QED) is 0.589. The molecule has 0 bridgehead atoms. The molecule has 0 aromatic heterocycles. The summed E-state index contributed by atoms with van der Waals surface area (Å²) >= 11 is 0. The van der Waals surface area contributed by atoms with Crippen LogP contribution in [0.3, 0.4) is 0 Å². The van der Waals surface area contributed by atoms with Crippen molar-refractivity contribution in [3.8, 4) is 0 Å².